The van der Waals surface area contributed by atoms with Crippen LogP contribution < -0.4 is 10.1 Å². The van der Waals surface area contributed by atoms with E-state index in [1.165, 1.54) is 11.3 Å². The smallest absolute Gasteiger partial charge is 0.340 e. The molecule has 0 aliphatic rings. The molecular formula is C22H19N3O3S. The van der Waals surface area contributed by atoms with E-state index in [4.69, 9.17) is 9.47 Å². The van der Waals surface area contributed by atoms with Crippen LogP contribution in [0.5, 0.6) is 5.75 Å². The van der Waals surface area contributed by atoms with E-state index in [1.807, 2.05) is 29.6 Å². The summed E-state index contributed by atoms with van der Waals surface area (Å²) in [6.07, 6.45) is 1.55. The average Bonchev–Trinajstić information content (AvgIpc) is 3.25. The van der Waals surface area contributed by atoms with Gasteiger partial charge in [0.15, 0.2) is 0 Å². The molecule has 1 N–H and O–H groups in total. The zero-order chi connectivity index (χ0) is 20.6. The Labute approximate surface area is 173 Å². The molecule has 0 unspecified atom stereocenters. The number of benzene rings is 2. The number of rotatable bonds is 7. The second kappa shape index (κ2) is 9.53. The molecule has 1 aromatic heterocycles. The predicted molar refractivity (Wildman–Crippen MR) is 114 cm³/mol. The Morgan fingerprint density at radius 3 is 2.69 bits per heavy atom. The lowest BCUT2D eigenvalue weighted by Crippen LogP contribution is -2.07. The lowest BCUT2D eigenvalue weighted by Gasteiger charge is -2.08. The van der Waals surface area contributed by atoms with Crippen LogP contribution in [0.3, 0.4) is 0 Å². The van der Waals surface area contributed by atoms with Crippen LogP contribution in [0, 0.1) is 11.3 Å². The number of nitriles is 1. The molecule has 2 aromatic carbocycles. The number of thiazole rings is 1. The maximum absolute atomic E-state index is 12.1. The fourth-order valence-electron chi connectivity index (χ4n) is 2.58. The van der Waals surface area contributed by atoms with E-state index < -0.39 is 5.97 Å². The number of esters is 1. The molecule has 0 saturated carbocycles. The second-order valence-electron chi connectivity index (χ2n) is 5.85. The summed E-state index contributed by atoms with van der Waals surface area (Å²) >= 11 is 1.38. The van der Waals surface area contributed by atoms with Gasteiger partial charge in [-0.1, -0.05) is 12.1 Å². The minimum absolute atomic E-state index is 0.291. The molecule has 146 valence electrons. The van der Waals surface area contributed by atoms with Gasteiger partial charge in [0.1, 0.15) is 22.4 Å². The number of aromatic nitrogens is 1. The van der Waals surface area contributed by atoms with Crippen molar-refractivity contribution in [1.29, 1.82) is 5.26 Å². The molecule has 0 saturated heterocycles. The number of nitrogens with zero attached hydrogens (tertiary/aromatic N) is 2. The van der Waals surface area contributed by atoms with E-state index in [2.05, 4.69) is 16.4 Å². The first-order valence-electron chi connectivity index (χ1n) is 8.89. The van der Waals surface area contributed by atoms with Crippen LogP contribution in [0.1, 0.15) is 22.3 Å². The number of hydrogen-bond acceptors (Lipinski definition) is 7. The van der Waals surface area contributed by atoms with Gasteiger partial charge in [-0.2, -0.15) is 5.26 Å². The minimum atomic E-state index is -0.418. The lowest BCUT2D eigenvalue weighted by molar-refractivity contribution is 0.0527. The molecule has 0 radical (unpaired) electrons. The molecule has 3 rings (SSSR count). The summed E-state index contributed by atoms with van der Waals surface area (Å²) in [4.78, 5) is 16.7. The number of allylic oxidation sites excluding steroid dienone is 1. The Hall–Kier alpha value is -3.63. The van der Waals surface area contributed by atoms with Crippen LogP contribution >= 0.6 is 11.3 Å². The number of ether oxygens (including phenoxy) is 2. The minimum Gasteiger partial charge on any atom is -0.497 e. The predicted octanol–water partition coefficient (Wildman–Crippen LogP) is 4.97. The molecule has 0 bridgehead atoms. The SMILES string of the molecule is CCOC(=O)c1ccccc1N/C=C(\C#N)c1nc(-c2ccc(OC)cc2)cs1. The molecule has 0 aliphatic heterocycles. The van der Waals surface area contributed by atoms with Crippen molar-refractivity contribution in [2.75, 3.05) is 19.0 Å². The van der Waals surface area contributed by atoms with E-state index in [0.29, 0.717) is 28.4 Å². The van der Waals surface area contributed by atoms with Gasteiger partial charge in [0.25, 0.3) is 0 Å². The molecule has 0 atom stereocenters. The molecule has 29 heavy (non-hydrogen) atoms. The normalized spacial score (nSPS) is 10.9. The molecular weight excluding hydrogens is 386 g/mol. The molecule has 0 fully saturated rings. The van der Waals surface area contributed by atoms with E-state index in [0.717, 1.165) is 17.0 Å². The van der Waals surface area contributed by atoms with Gasteiger partial charge in [-0.15, -0.1) is 11.3 Å². The van der Waals surface area contributed by atoms with Crippen molar-refractivity contribution < 1.29 is 14.3 Å². The highest BCUT2D eigenvalue weighted by molar-refractivity contribution is 7.11. The van der Waals surface area contributed by atoms with Gasteiger partial charge in [0, 0.05) is 17.1 Å². The Bertz CT molecular complexity index is 1070. The summed E-state index contributed by atoms with van der Waals surface area (Å²) in [5.41, 5.74) is 3.05. The largest absolute Gasteiger partial charge is 0.497 e. The standard InChI is InChI=1S/C22H19N3O3S/c1-3-28-22(26)18-6-4-5-7-19(18)24-13-16(12-23)21-25-20(14-29-21)15-8-10-17(27-2)11-9-15/h4-11,13-14,24H,3H2,1-2H3/b16-13+. The highest BCUT2D eigenvalue weighted by Gasteiger charge is 2.13. The quantitative estimate of drug-likeness (QED) is 0.441. The molecule has 0 amide bonds. The summed E-state index contributed by atoms with van der Waals surface area (Å²) in [5, 5.41) is 15.1. The van der Waals surface area contributed by atoms with E-state index in [9.17, 15) is 10.1 Å². The zero-order valence-corrected chi connectivity index (χ0v) is 16.8. The van der Waals surface area contributed by atoms with E-state index in [-0.39, 0.29) is 0 Å². The third-order valence-electron chi connectivity index (χ3n) is 4.04. The van der Waals surface area contributed by atoms with Gasteiger partial charge in [0.2, 0.25) is 0 Å². The van der Waals surface area contributed by atoms with Crippen LogP contribution in [0.25, 0.3) is 16.8 Å². The second-order valence-corrected chi connectivity index (χ2v) is 6.70. The van der Waals surface area contributed by atoms with Gasteiger partial charge < -0.3 is 14.8 Å². The number of carbonyl (C=O) groups is 1. The number of nitrogens with one attached hydrogen (secondary N) is 1. The van der Waals surface area contributed by atoms with Crippen LogP contribution in [0.2, 0.25) is 0 Å². The Morgan fingerprint density at radius 2 is 2.00 bits per heavy atom. The fourth-order valence-corrected chi connectivity index (χ4v) is 3.37. The molecule has 3 aromatic rings. The summed E-state index contributed by atoms with van der Waals surface area (Å²) in [6.45, 7) is 2.05. The van der Waals surface area contributed by atoms with Crippen molar-refractivity contribution in [2.24, 2.45) is 0 Å². The van der Waals surface area contributed by atoms with Gasteiger partial charge in [-0.05, 0) is 43.3 Å². The zero-order valence-electron chi connectivity index (χ0n) is 16.0. The van der Waals surface area contributed by atoms with Crippen LogP contribution in [-0.4, -0.2) is 24.7 Å². The highest BCUT2D eigenvalue weighted by Crippen LogP contribution is 2.27. The molecule has 1 heterocycles. The average molecular weight is 405 g/mol. The van der Waals surface area contributed by atoms with Gasteiger partial charge >= 0.3 is 5.97 Å². The van der Waals surface area contributed by atoms with E-state index in [1.54, 1.807) is 44.5 Å². The first kappa shape index (κ1) is 20.1. The number of carbonyl (C=O) groups excluding carboxylic acids is 1. The van der Waals surface area contributed by atoms with Gasteiger partial charge in [-0.3, -0.25) is 0 Å². The van der Waals surface area contributed by atoms with Crippen molar-refractivity contribution in [3.05, 3.63) is 70.7 Å². The topological polar surface area (TPSA) is 84.2 Å². The van der Waals surface area contributed by atoms with Crippen molar-refractivity contribution >= 4 is 28.6 Å². The number of hydrogen-bond donors (Lipinski definition) is 1. The molecule has 7 heteroatoms. The summed E-state index contributed by atoms with van der Waals surface area (Å²) in [6, 6.07) is 16.7. The maximum Gasteiger partial charge on any atom is 0.340 e. The summed E-state index contributed by atoms with van der Waals surface area (Å²) in [5.74, 6) is 0.352. The Kier molecular flexibility index (Phi) is 6.61. The van der Waals surface area contributed by atoms with Crippen LogP contribution in [0.4, 0.5) is 5.69 Å². The van der Waals surface area contributed by atoms with Crippen LogP contribution in [-0.2, 0) is 4.74 Å². The number of para-hydroxylation sites is 1. The molecule has 0 aliphatic carbocycles. The number of anilines is 1. The molecule has 6 nitrogen and oxygen atoms in total. The number of methoxy groups -OCH3 is 1. The van der Waals surface area contributed by atoms with Crippen molar-refractivity contribution in [3.8, 4) is 23.1 Å². The Balaban J connectivity index is 1.82. The first-order valence-corrected chi connectivity index (χ1v) is 9.77. The third kappa shape index (κ3) is 4.81. The van der Waals surface area contributed by atoms with E-state index >= 15 is 0 Å². The highest BCUT2D eigenvalue weighted by atomic mass is 32.1. The maximum atomic E-state index is 12.1. The monoisotopic (exact) mass is 405 g/mol. The van der Waals surface area contributed by atoms with Gasteiger partial charge in [0.05, 0.1) is 30.7 Å². The summed E-state index contributed by atoms with van der Waals surface area (Å²) < 4.78 is 10.2. The molecule has 0 spiro atoms. The van der Waals surface area contributed by atoms with Crippen molar-refractivity contribution in [1.82, 2.24) is 4.98 Å². The van der Waals surface area contributed by atoms with Crippen molar-refractivity contribution in [3.63, 3.8) is 0 Å². The summed E-state index contributed by atoms with van der Waals surface area (Å²) in [7, 11) is 1.62. The first-order chi connectivity index (χ1) is 14.2. The lowest BCUT2D eigenvalue weighted by atomic mass is 10.1. The Morgan fingerprint density at radius 1 is 1.24 bits per heavy atom. The fraction of sp³-hybridized carbons (Fsp3) is 0.136. The van der Waals surface area contributed by atoms with Gasteiger partial charge in [-0.25, -0.2) is 9.78 Å². The van der Waals surface area contributed by atoms with Crippen molar-refractivity contribution in [2.45, 2.75) is 6.92 Å². The van der Waals surface area contributed by atoms with Crippen LogP contribution in [0.15, 0.2) is 60.1 Å². The third-order valence-corrected chi connectivity index (χ3v) is 4.91.